The van der Waals surface area contributed by atoms with Crippen molar-refractivity contribution in [2.24, 2.45) is 5.92 Å². The Labute approximate surface area is 164 Å². The number of para-hydroxylation sites is 1. The summed E-state index contributed by atoms with van der Waals surface area (Å²) in [6.07, 6.45) is 4.10. The Morgan fingerprint density at radius 3 is 2.71 bits per heavy atom. The maximum Gasteiger partial charge on any atom is 0.344 e. The van der Waals surface area contributed by atoms with Gasteiger partial charge in [-0.05, 0) is 61.4 Å². The number of carbonyl (C=O) groups is 1. The fourth-order valence-electron chi connectivity index (χ4n) is 4.10. The predicted molar refractivity (Wildman–Crippen MR) is 109 cm³/mol. The molecule has 0 unspecified atom stereocenters. The van der Waals surface area contributed by atoms with Gasteiger partial charge in [-0.2, -0.15) is 0 Å². The summed E-state index contributed by atoms with van der Waals surface area (Å²) in [4.78, 5) is 25.3. The van der Waals surface area contributed by atoms with Crippen molar-refractivity contribution >= 4 is 16.9 Å². The average Bonchev–Trinajstić information content (AvgIpc) is 2.68. The van der Waals surface area contributed by atoms with Gasteiger partial charge in [0.25, 0.3) is 0 Å². The fraction of sp³-hybridized carbons (Fsp3) is 0.333. The second-order valence-electron chi connectivity index (χ2n) is 7.76. The van der Waals surface area contributed by atoms with E-state index >= 15 is 0 Å². The Hall–Kier alpha value is -2.88. The first-order chi connectivity index (χ1) is 13.5. The van der Waals surface area contributed by atoms with Crippen LogP contribution >= 0.6 is 0 Å². The molecule has 0 saturated heterocycles. The molecule has 0 radical (unpaired) electrons. The molecule has 1 aliphatic carbocycles. The summed E-state index contributed by atoms with van der Waals surface area (Å²) >= 11 is 0. The number of carbonyl (C=O) groups excluding carboxylic acids is 1. The van der Waals surface area contributed by atoms with Gasteiger partial charge in [0, 0.05) is 5.39 Å². The Bertz CT molecular complexity index is 1080. The van der Waals surface area contributed by atoms with Crippen molar-refractivity contribution in [2.45, 2.75) is 45.6 Å². The molecule has 0 aliphatic heterocycles. The van der Waals surface area contributed by atoms with Gasteiger partial charge in [-0.25, -0.2) is 9.59 Å². The Morgan fingerprint density at radius 2 is 1.89 bits per heavy atom. The summed E-state index contributed by atoms with van der Waals surface area (Å²) in [7, 11) is 0. The zero-order valence-corrected chi connectivity index (χ0v) is 16.2. The normalized spacial score (nSPS) is 19.5. The molecule has 2 aromatic carbocycles. The molecule has 2 atom stereocenters. The zero-order chi connectivity index (χ0) is 19.7. The lowest BCUT2D eigenvalue weighted by Gasteiger charge is -2.26. The Morgan fingerprint density at radius 1 is 1.07 bits per heavy atom. The Balaban J connectivity index is 1.68. The number of ether oxygens (including phenoxy) is 1. The highest BCUT2D eigenvalue weighted by atomic mass is 16.5. The fourth-order valence-corrected chi connectivity index (χ4v) is 4.10. The second kappa shape index (κ2) is 7.63. The summed E-state index contributed by atoms with van der Waals surface area (Å²) < 4.78 is 11.2. The zero-order valence-electron chi connectivity index (χ0n) is 16.2. The van der Waals surface area contributed by atoms with Crippen LogP contribution in [0.2, 0.25) is 0 Å². The first-order valence-electron chi connectivity index (χ1n) is 9.87. The van der Waals surface area contributed by atoms with Crippen LogP contribution in [0.1, 0.15) is 48.5 Å². The van der Waals surface area contributed by atoms with Crippen molar-refractivity contribution in [1.82, 2.24) is 0 Å². The van der Waals surface area contributed by atoms with Crippen molar-refractivity contribution in [3.05, 3.63) is 70.1 Å². The molecule has 0 amide bonds. The lowest BCUT2D eigenvalue weighted by molar-refractivity contribution is 0.0154. The van der Waals surface area contributed by atoms with Crippen LogP contribution in [0.15, 0.2) is 57.7 Å². The predicted octanol–water partition coefficient (Wildman–Crippen LogP) is 5.50. The van der Waals surface area contributed by atoms with E-state index in [1.165, 1.54) is 6.42 Å². The molecule has 0 spiro atoms. The molecule has 28 heavy (non-hydrogen) atoms. The van der Waals surface area contributed by atoms with E-state index in [9.17, 15) is 9.59 Å². The largest absolute Gasteiger partial charge is 0.459 e. The minimum absolute atomic E-state index is 0.0231. The number of fused-ring (bicyclic) bond motifs is 1. The molecule has 1 aliphatic rings. The molecule has 1 saturated carbocycles. The number of rotatable bonds is 3. The first kappa shape index (κ1) is 18.5. The van der Waals surface area contributed by atoms with Crippen LogP contribution in [0.25, 0.3) is 22.1 Å². The lowest BCUT2D eigenvalue weighted by Crippen LogP contribution is -2.25. The minimum Gasteiger partial charge on any atom is -0.459 e. The lowest BCUT2D eigenvalue weighted by atomic mass is 9.88. The highest BCUT2D eigenvalue weighted by molar-refractivity contribution is 5.94. The van der Waals surface area contributed by atoms with Crippen molar-refractivity contribution in [3.8, 4) is 11.1 Å². The van der Waals surface area contributed by atoms with Crippen LogP contribution in [-0.2, 0) is 4.74 Å². The van der Waals surface area contributed by atoms with Crippen molar-refractivity contribution in [2.75, 3.05) is 0 Å². The van der Waals surface area contributed by atoms with Gasteiger partial charge in [-0.3, -0.25) is 0 Å². The Kier molecular flexibility index (Phi) is 5.03. The van der Waals surface area contributed by atoms with E-state index in [4.69, 9.17) is 9.15 Å². The van der Waals surface area contributed by atoms with Crippen LogP contribution in [0, 0.1) is 12.8 Å². The molecule has 4 rings (SSSR count). The van der Waals surface area contributed by atoms with Gasteiger partial charge in [0.2, 0.25) is 0 Å². The third-order valence-electron chi connectivity index (χ3n) is 5.65. The van der Waals surface area contributed by atoms with Crippen molar-refractivity contribution < 1.29 is 13.9 Å². The highest BCUT2D eigenvalue weighted by Crippen LogP contribution is 2.29. The van der Waals surface area contributed by atoms with Gasteiger partial charge >= 0.3 is 11.6 Å². The molecule has 0 bridgehead atoms. The molecular formula is C24H24O4. The highest BCUT2D eigenvalue weighted by Gasteiger charge is 2.24. The maximum atomic E-state index is 12.8. The van der Waals surface area contributed by atoms with E-state index in [0.717, 1.165) is 30.2 Å². The van der Waals surface area contributed by atoms with E-state index in [-0.39, 0.29) is 12.1 Å². The SMILES string of the molecule is Cc1c(C(=O)O[C@H]2CCC[C@@H](C)C2)cccc1-c1cc2ccccc2oc1=O. The van der Waals surface area contributed by atoms with Gasteiger partial charge in [0.15, 0.2) is 0 Å². The summed E-state index contributed by atoms with van der Waals surface area (Å²) in [5, 5.41) is 0.848. The molecule has 3 aromatic rings. The van der Waals surface area contributed by atoms with Gasteiger partial charge < -0.3 is 9.15 Å². The van der Waals surface area contributed by atoms with E-state index in [2.05, 4.69) is 6.92 Å². The molecule has 1 heterocycles. The summed E-state index contributed by atoms with van der Waals surface area (Å²) in [5.74, 6) is 0.268. The van der Waals surface area contributed by atoms with Crippen molar-refractivity contribution in [1.29, 1.82) is 0 Å². The monoisotopic (exact) mass is 376 g/mol. The molecule has 4 nitrogen and oxygen atoms in total. The van der Waals surface area contributed by atoms with Crippen LogP contribution < -0.4 is 5.63 Å². The standard InChI is InChI=1S/C24H24O4/c1-15-7-5-9-18(13-15)27-23(25)20-11-6-10-19(16(20)2)21-14-17-8-3-4-12-22(17)28-24(21)26/h3-4,6,8,10-12,14-15,18H,5,7,9,13H2,1-2H3/t15-,18+/m1/s1. The van der Waals surface area contributed by atoms with Gasteiger partial charge in [-0.15, -0.1) is 0 Å². The first-order valence-corrected chi connectivity index (χ1v) is 9.87. The number of hydrogen-bond donors (Lipinski definition) is 0. The summed E-state index contributed by atoms with van der Waals surface area (Å²) in [5.41, 5.74) is 2.54. The van der Waals surface area contributed by atoms with E-state index in [1.807, 2.05) is 37.3 Å². The summed E-state index contributed by atoms with van der Waals surface area (Å²) in [6, 6.07) is 14.6. The third kappa shape index (κ3) is 3.59. The van der Waals surface area contributed by atoms with E-state index in [0.29, 0.717) is 28.2 Å². The molecule has 144 valence electrons. The molecule has 1 fully saturated rings. The topological polar surface area (TPSA) is 56.5 Å². The van der Waals surface area contributed by atoms with Gasteiger partial charge in [0.05, 0.1) is 11.1 Å². The summed E-state index contributed by atoms with van der Waals surface area (Å²) in [6.45, 7) is 4.05. The van der Waals surface area contributed by atoms with Gasteiger partial charge in [0.1, 0.15) is 11.7 Å². The average molecular weight is 376 g/mol. The smallest absolute Gasteiger partial charge is 0.344 e. The van der Waals surface area contributed by atoms with E-state index < -0.39 is 5.63 Å². The molecule has 4 heteroatoms. The molecule has 0 N–H and O–H groups in total. The number of esters is 1. The molecule has 1 aromatic heterocycles. The van der Waals surface area contributed by atoms with Crippen molar-refractivity contribution in [3.63, 3.8) is 0 Å². The van der Waals surface area contributed by atoms with Crippen LogP contribution in [0.4, 0.5) is 0 Å². The van der Waals surface area contributed by atoms with Gasteiger partial charge in [-0.1, -0.05) is 43.7 Å². The van der Waals surface area contributed by atoms with Crippen LogP contribution in [0.3, 0.4) is 0 Å². The second-order valence-corrected chi connectivity index (χ2v) is 7.76. The number of benzene rings is 2. The third-order valence-corrected chi connectivity index (χ3v) is 5.65. The van der Waals surface area contributed by atoms with E-state index in [1.54, 1.807) is 18.2 Å². The maximum absolute atomic E-state index is 12.8. The minimum atomic E-state index is -0.409. The van der Waals surface area contributed by atoms with Crippen LogP contribution in [0.5, 0.6) is 0 Å². The molecular weight excluding hydrogens is 352 g/mol. The van der Waals surface area contributed by atoms with Crippen LogP contribution in [-0.4, -0.2) is 12.1 Å². The number of hydrogen-bond acceptors (Lipinski definition) is 4. The quantitative estimate of drug-likeness (QED) is 0.447.